The van der Waals surface area contributed by atoms with Crippen LogP contribution in [0.3, 0.4) is 0 Å². The Morgan fingerprint density at radius 2 is 1.95 bits per heavy atom. The van der Waals surface area contributed by atoms with Crippen molar-refractivity contribution in [2.75, 3.05) is 12.3 Å². The van der Waals surface area contributed by atoms with Crippen LogP contribution in [-0.4, -0.2) is 32.2 Å². The van der Waals surface area contributed by atoms with Crippen molar-refractivity contribution in [3.05, 3.63) is 69.8 Å². The Kier molecular flexibility index (Phi) is 6.65. The Morgan fingerprint density at radius 1 is 1.21 bits per heavy atom. The number of halogens is 3. The van der Waals surface area contributed by atoms with Gasteiger partial charge >= 0.3 is 0 Å². The van der Waals surface area contributed by atoms with Gasteiger partial charge in [0.15, 0.2) is 5.82 Å². The molecule has 1 amide bonds. The second-order valence-corrected chi connectivity index (χ2v) is 10.4. The number of phenolic OH excluding ortho intramolecular Hbond substituents is 1. The van der Waals surface area contributed by atoms with Crippen LogP contribution < -0.4 is 5.73 Å². The number of benzene rings is 2. The number of phenols is 1. The van der Waals surface area contributed by atoms with Crippen LogP contribution >= 0.6 is 0 Å². The molecule has 1 unspecified atom stereocenters. The number of aryl methyl sites for hydroxylation is 1. The van der Waals surface area contributed by atoms with Crippen molar-refractivity contribution in [1.29, 1.82) is 0 Å². The average molecular weight is 527 g/mol. The van der Waals surface area contributed by atoms with Gasteiger partial charge in [-0.05, 0) is 61.4 Å². The molecule has 1 fully saturated rings. The first kappa shape index (κ1) is 26.1. The van der Waals surface area contributed by atoms with E-state index in [0.717, 1.165) is 47.8 Å². The lowest BCUT2D eigenvalue weighted by atomic mass is 9.91. The molecule has 1 aliphatic heterocycles. The molecule has 9 heteroatoms. The van der Waals surface area contributed by atoms with E-state index in [1.165, 1.54) is 6.07 Å². The number of hydrogen-bond acceptors (Lipinski definition) is 4. The topological polar surface area (TPSA) is 84.4 Å². The van der Waals surface area contributed by atoms with E-state index in [0.29, 0.717) is 44.3 Å². The Morgan fingerprint density at radius 3 is 2.55 bits per heavy atom. The van der Waals surface area contributed by atoms with Crippen molar-refractivity contribution in [3.63, 3.8) is 0 Å². The number of carbonyl (C=O) groups excluding carboxylic acids is 1. The van der Waals surface area contributed by atoms with Gasteiger partial charge in [0, 0.05) is 25.5 Å². The lowest BCUT2D eigenvalue weighted by molar-refractivity contribution is 0.0138. The third kappa shape index (κ3) is 4.41. The summed E-state index contributed by atoms with van der Waals surface area (Å²) in [4.78, 5) is 15.3. The maximum atomic E-state index is 14.8. The maximum absolute atomic E-state index is 14.8. The SMILES string of the molecule is CCCc1nn(-c2ccc(C3CC3)cc2O)c2c1C(CC)N(C(=O)c1ccc(C(C)(F)F)c(F)c1N)CC2. The summed E-state index contributed by atoms with van der Waals surface area (Å²) in [5.41, 5.74) is 8.78. The molecular formula is C29H33F3N4O2. The Hall–Kier alpha value is -3.49. The van der Waals surface area contributed by atoms with Crippen LogP contribution in [0.4, 0.5) is 18.9 Å². The number of nitrogens with two attached hydrogens (primary N) is 1. The standard InChI is InChI=1S/C29H33F3N4O2/c1-4-6-20-25-21(5-2)35(28(38)18-10-11-19(29(3,31)32)26(30)27(18)33)14-13-23(25)36(34-20)22-12-9-17(15-24(22)37)16-7-8-16/h9-12,15-16,21,37H,4-8,13-14,33H2,1-3H3. The molecule has 5 rings (SSSR count). The summed E-state index contributed by atoms with van der Waals surface area (Å²) < 4.78 is 44.2. The zero-order valence-corrected chi connectivity index (χ0v) is 21.9. The number of nitrogens with zero attached hydrogens (tertiary/aromatic N) is 3. The molecule has 6 nitrogen and oxygen atoms in total. The first-order valence-corrected chi connectivity index (χ1v) is 13.3. The van der Waals surface area contributed by atoms with Crippen molar-refractivity contribution >= 4 is 11.6 Å². The summed E-state index contributed by atoms with van der Waals surface area (Å²) in [7, 11) is 0. The molecule has 3 aromatic rings. The molecule has 1 atom stereocenters. The van der Waals surface area contributed by atoms with Crippen molar-refractivity contribution < 1.29 is 23.1 Å². The van der Waals surface area contributed by atoms with Gasteiger partial charge in [0.05, 0.1) is 34.2 Å². The Balaban J connectivity index is 1.54. The highest BCUT2D eigenvalue weighted by Crippen LogP contribution is 2.43. The smallest absolute Gasteiger partial charge is 0.273 e. The van der Waals surface area contributed by atoms with Gasteiger partial charge in [0.2, 0.25) is 0 Å². The summed E-state index contributed by atoms with van der Waals surface area (Å²) in [6, 6.07) is 7.52. The van der Waals surface area contributed by atoms with Gasteiger partial charge in [0.25, 0.3) is 11.8 Å². The molecule has 3 N–H and O–H groups in total. The number of nitrogen functional groups attached to an aromatic ring is 1. The number of alkyl halides is 2. The molecule has 1 aromatic heterocycles. The number of rotatable bonds is 7. The maximum Gasteiger partial charge on any atom is 0.273 e. The minimum atomic E-state index is -3.42. The van der Waals surface area contributed by atoms with Gasteiger partial charge in [0.1, 0.15) is 11.4 Å². The summed E-state index contributed by atoms with van der Waals surface area (Å²) in [6.45, 7) is 4.92. The van der Waals surface area contributed by atoms with E-state index >= 15 is 0 Å². The molecule has 38 heavy (non-hydrogen) atoms. The third-order valence-electron chi connectivity index (χ3n) is 7.69. The van der Waals surface area contributed by atoms with Crippen LogP contribution in [-0.2, 0) is 18.8 Å². The predicted molar refractivity (Wildman–Crippen MR) is 139 cm³/mol. The van der Waals surface area contributed by atoms with E-state index in [1.807, 2.05) is 25.1 Å². The number of amides is 1. The molecule has 0 radical (unpaired) electrons. The molecule has 2 heterocycles. The fraction of sp³-hybridized carbons (Fsp3) is 0.448. The first-order valence-electron chi connectivity index (χ1n) is 13.3. The highest BCUT2D eigenvalue weighted by molar-refractivity contribution is 5.99. The number of anilines is 1. The lowest BCUT2D eigenvalue weighted by Crippen LogP contribution is -2.40. The van der Waals surface area contributed by atoms with Gasteiger partial charge in [-0.15, -0.1) is 0 Å². The lowest BCUT2D eigenvalue weighted by Gasteiger charge is -2.36. The number of fused-ring (bicyclic) bond motifs is 1. The third-order valence-corrected chi connectivity index (χ3v) is 7.69. The zero-order chi connectivity index (χ0) is 27.4. The van der Waals surface area contributed by atoms with Crippen LogP contribution in [0.2, 0.25) is 0 Å². The molecule has 0 saturated heterocycles. The van der Waals surface area contributed by atoms with Crippen molar-refractivity contribution in [1.82, 2.24) is 14.7 Å². The largest absolute Gasteiger partial charge is 0.506 e. The fourth-order valence-corrected chi connectivity index (χ4v) is 5.63. The minimum absolute atomic E-state index is 0.129. The molecule has 2 aliphatic rings. The molecule has 1 aliphatic carbocycles. The first-order chi connectivity index (χ1) is 18.1. The van der Waals surface area contributed by atoms with Crippen LogP contribution in [0.25, 0.3) is 5.69 Å². The summed E-state index contributed by atoms with van der Waals surface area (Å²) in [5, 5.41) is 15.8. The molecule has 0 bridgehead atoms. The van der Waals surface area contributed by atoms with E-state index in [9.17, 15) is 23.1 Å². The monoisotopic (exact) mass is 526 g/mol. The summed E-state index contributed by atoms with van der Waals surface area (Å²) in [5.74, 6) is -4.51. The van der Waals surface area contributed by atoms with E-state index in [-0.39, 0.29) is 17.4 Å². The predicted octanol–water partition coefficient (Wildman–Crippen LogP) is 6.39. The fourth-order valence-electron chi connectivity index (χ4n) is 5.63. The van der Waals surface area contributed by atoms with E-state index < -0.39 is 28.9 Å². The van der Waals surface area contributed by atoms with Gasteiger partial charge in [-0.25, -0.2) is 17.9 Å². The van der Waals surface area contributed by atoms with Gasteiger partial charge < -0.3 is 15.7 Å². The van der Waals surface area contributed by atoms with Crippen molar-refractivity contribution in [2.45, 2.75) is 77.2 Å². The van der Waals surface area contributed by atoms with Crippen LogP contribution in [0, 0.1) is 5.82 Å². The zero-order valence-electron chi connectivity index (χ0n) is 21.9. The minimum Gasteiger partial charge on any atom is -0.506 e. The molecule has 0 spiro atoms. The molecule has 2 aromatic carbocycles. The van der Waals surface area contributed by atoms with Crippen molar-refractivity contribution in [3.8, 4) is 11.4 Å². The number of carbonyl (C=O) groups is 1. The number of aromatic nitrogens is 2. The second-order valence-electron chi connectivity index (χ2n) is 10.4. The Labute approximate surface area is 220 Å². The second kappa shape index (κ2) is 9.67. The normalized spacial score (nSPS) is 17.5. The van der Waals surface area contributed by atoms with Crippen LogP contribution in [0.15, 0.2) is 30.3 Å². The highest BCUT2D eigenvalue weighted by atomic mass is 19.3. The quantitative estimate of drug-likeness (QED) is 0.350. The average Bonchev–Trinajstić information content (AvgIpc) is 3.66. The number of aromatic hydroxyl groups is 1. The van der Waals surface area contributed by atoms with Gasteiger partial charge in [-0.2, -0.15) is 5.10 Å². The van der Waals surface area contributed by atoms with Gasteiger partial charge in [-0.1, -0.05) is 26.3 Å². The summed E-state index contributed by atoms with van der Waals surface area (Å²) >= 11 is 0. The van der Waals surface area contributed by atoms with Crippen LogP contribution in [0.5, 0.6) is 5.75 Å². The van der Waals surface area contributed by atoms with E-state index in [4.69, 9.17) is 10.8 Å². The van der Waals surface area contributed by atoms with E-state index in [1.54, 1.807) is 9.58 Å². The molecular weight excluding hydrogens is 493 g/mol. The van der Waals surface area contributed by atoms with E-state index in [2.05, 4.69) is 6.92 Å². The summed E-state index contributed by atoms with van der Waals surface area (Å²) in [6.07, 6.45) is 4.83. The van der Waals surface area contributed by atoms with Crippen molar-refractivity contribution in [2.24, 2.45) is 0 Å². The van der Waals surface area contributed by atoms with Gasteiger partial charge in [-0.3, -0.25) is 4.79 Å². The number of hydrogen-bond donors (Lipinski definition) is 2. The molecule has 1 saturated carbocycles. The Bertz CT molecular complexity index is 1390. The highest BCUT2D eigenvalue weighted by Gasteiger charge is 2.38. The molecule has 202 valence electrons. The van der Waals surface area contributed by atoms with Crippen LogP contribution in [0.1, 0.15) is 96.9 Å².